The van der Waals surface area contributed by atoms with Gasteiger partial charge in [0.05, 0.1) is 12.1 Å². The van der Waals surface area contributed by atoms with Crippen molar-refractivity contribution in [3.8, 4) is 11.3 Å². The zero-order valence-electron chi connectivity index (χ0n) is 11.1. The summed E-state index contributed by atoms with van der Waals surface area (Å²) in [5.41, 5.74) is 1.82. The number of pyridine rings is 1. The molecule has 0 amide bonds. The number of esters is 1. The molecule has 7 heteroatoms. The summed E-state index contributed by atoms with van der Waals surface area (Å²) in [5, 5.41) is 11.8. The number of aromatic amines is 1. The van der Waals surface area contributed by atoms with E-state index in [0.717, 1.165) is 5.39 Å². The molecular weight excluding hydrogens is 292 g/mol. The maximum atomic E-state index is 11.9. The first-order valence-electron chi connectivity index (χ1n) is 6.33. The van der Waals surface area contributed by atoms with Gasteiger partial charge >= 0.3 is 5.97 Å². The molecule has 2 heterocycles. The van der Waals surface area contributed by atoms with Crippen molar-refractivity contribution >= 4 is 28.5 Å². The van der Waals surface area contributed by atoms with Gasteiger partial charge in [-0.2, -0.15) is 10.3 Å². The number of hydrogen-bond acceptors (Lipinski definition) is 5. The fraction of sp³-hybridized carbons (Fsp3) is 0.143. The lowest BCUT2D eigenvalue weighted by atomic mass is 10.1. The third kappa shape index (κ3) is 2.45. The molecule has 2 aromatic heterocycles. The van der Waals surface area contributed by atoms with Gasteiger partial charge in [0.1, 0.15) is 5.69 Å². The number of hydrogen-bond donors (Lipinski definition) is 1. The lowest BCUT2D eigenvalue weighted by Crippen LogP contribution is -2.07. The van der Waals surface area contributed by atoms with E-state index in [1.54, 1.807) is 25.3 Å². The molecule has 0 aliphatic heterocycles. The first-order chi connectivity index (χ1) is 10.2. The molecule has 0 saturated carbocycles. The van der Waals surface area contributed by atoms with E-state index in [9.17, 15) is 4.79 Å². The van der Waals surface area contributed by atoms with Crippen molar-refractivity contribution in [2.75, 3.05) is 6.61 Å². The van der Waals surface area contributed by atoms with Crippen LogP contribution in [0.2, 0.25) is 5.02 Å². The minimum atomic E-state index is -0.537. The molecule has 3 aromatic rings. The van der Waals surface area contributed by atoms with Gasteiger partial charge < -0.3 is 4.74 Å². The van der Waals surface area contributed by atoms with Gasteiger partial charge in [-0.15, -0.1) is 5.10 Å². The average Bonchev–Trinajstić information content (AvgIpc) is 2.96. The number of nitrogens with zero attached hydrogens (tertiary/aromatic N) is 3. The fourth-order valence-corrected chi connectivity index (χ4v) is 2.32. The van der Waals surface area contributed by atoms with Gasteiger partial charge in [0.15, 0.2) is 5.69 Å². The highest BCUT2D eigenvalue weighted by Crippen LogP contribution is 2.30. The molecule has 0 unspecified atom stereocenters. The SMILES string of the molecule is CCOC(=O)c1n[nH]nc1-c1cc(Cl)cc2cccnc12. The third-order valence-corrected chi connectivity index (χ3v) is 3.16. The van der Waals surface area contributed by atoms with E-state index in [0.29, 0.717) is 21.8 Å². The van der Waals surface area contributed by atoms with E-state index < -0.39 is 5.97 Å². The summed E-state index contributed by atoms with van der Waals surface area (Å²) < 4.78 is 4.98. The Bertz CT molecular complexity index is 816. The highest BCUT2D eigenvalue weighted by molar-refractivity contribution is 6.32. The second kappa shape index (κ2) is 5.49. The van der Waals surface area contributed by atoms with Gasteiger partial charge in [0.25, 0.3) is 0 Å². The zero-order valence-corrected chi connectivity index (χ0v) is 11.9. The van der Waals surface area contributed by atoms with Crippen LogP contribution in [0.25, 0.3) is 22.2 Å². The summed E-state index contributed by atoms with van der Waals surface area (Å²) in [4.78, 5) is 16.3. The van der Waals surface area contributed by atoms with Gasteiger partial charge in [-0.3, -0.25) is 4.98 Å². The Kier molecular flexibility index (Phi) is 3.53. The Morgan fingerprint density at radius 3 is 3.05 bits per heavy atom. The molecule has 1 aromatic carbocycles. The number of aromatic nitrogens is 4. The van der Waals surface area contributed by atoms with Gasteiger partial charge in [0, 0.05) is 22.2 Å². The van der Waals surface area contributed by atoms with Crippen molar-refractivity contribution < 1.29 is 9.53 Å². The number of carbonyl (C=O) groups excluding carboxylic acids is 1. The van der Waals surface area contributed by atoms with Crippen LogP contribution in [0.5, 0.6) is 0 Å². The molecule has 3 rings (SSSR count). The standard InChI is InChI=1S/C14H11ClN4O2/c1-2-21-14(20)13-12(17-19-18-13)10-7-9(15)6-8-4-3-5-16-11(8)10/h3-7H,2H2,1H3,(H,17,18,19). The summed E-state index contributed by atoms with van der Waals surface area (Å²) >= 11 is 6.13. The van der Waals surface area contributed by atoms with Crippen molar-refractivity contribution in [2.24, 2.45) is 0 Å². The van der Waals surface area contributed by atoms with Gasteiger partial charge in [0.2, 0.25) is 0 Å². The predicted molar refractivity (Wildman–Crippen MR) is 78.1 cm³/mol. The summed E-state index contributed by atoms with van der Waals surface area (Å²) in [6.07, 6.45) is 1.67. The van der Waals surface area contributed by atoms with E-state index in [1.165, 1.54) is 0 Å². The first kappa shape index (κ1) is 13.5. The number of carbonyl (C=O) groups is 1. The molecule has 0 saturated heterocycles. The summed E-state index contributed by atoms with van der Waals surface area (Å²) in [7, 11) is 0. The molecule has 6 nitrogen and oxygen atoms in total. The van der Waals surface area contributed by atoms with E-state index in [-0.39, 0.29) is 12.3 Å². The molecular formula is C14H11ClN4O2. The summed E-state index contributed by atoms with van der Waals surface area (Å²) in [6, 6.07) is 7.22. The van der Waals surface area contributed by atoms with E-state index >= 15 is 0 Å². The molecule has 21 heavy (non-hydrogen) atoms. The van der Waals surface area contributed by atoms with Crippen LogP contribution in [0.1, 0.15) is 17.4 Å². The lowest BCUT2D eigenvalue weighted by Gasteiger charge is -2.05. The molecule has 0 aliphatic rings. The Labute approximate surface area is 125 Å². The second-order valence-electron chi connectivity index (χ2n) is 4.27. The molecule has 0 fully saturated rings. The molecule has 0 atom stereocenters. The van der Waals surface area contributed by atoms with Gasteiger partial charge in [-0.25, -0.2) is 4.79 Å². The van der Waals surface area contributed by atoms with Crippen LogP contribution in [-0.4, -0.2) is 33.0 Å². The topological polar surface area (TPSA) is 80.8 Å². The monoisotopic (exact) mass is 302 g/mol. The predicted octanol–water partition coefficient (Wildman–Crippen LogP) is 2.85. The van der Waals surface area contributed by atoms with Crippen LogP contribution in [-0.2, 0) is 4.74 Å². The number of benzene rings is 1. The molecule has 106 valence electrons. The Balaban J connectivity index is 2.22. The molecule has 0 radical (unpaired) electrons. The number of H-pyrrole nitrogens is 1. The second-order valence-corrected chi connectivity index (χ2v) is 4.71. The molecule has 0 aliphatic carbocycles. The smallest absolute Gasteiger partial charge is 0.361 e. The van der Waals surface area contributed by atoms with Crippen LogP contribution in [0.15, 0.2) is 30.5 Å². The van der Waals surface area contributed by atoms with Gasteiger partial charge in [-0.1, -0.05) is 17.7 Å². The van der Waals surface area contributed by atoms with E-state index in [1.807, 2.05) is 12.1 Å². The Morgan fingerprint density at radius 1 is 1.38 bits per heavy atom. The van der Waals surface area contributed by atoms with Crippen molar-refractivity contribution in [2.45, 2.75) is 6.92 Å². The Morgan fingerprint density at radius 2 is 2.24 bits per heavy atom. The highest BCUT2D eigenvalue weighted by atomic mass is 35.5. The third-order valence-electron chi connectivity index (χ3n) is 2.94. The maximum Gasteiger partial charge on any atom is 0.361 e. The van der Waals surface area contributed by atoms with Crippen molar-refractivity contribution in [1.29, 1.82) is 0 Å². The lowest BCUT2D eigenvalue weighted by molar-refractivity contribution is 0.0520. The Hall–Kier alpha value is -2.47. The molecule has 1 N–H and O–H groups in total. The number of nitrogens with one attached hydrogen (secondary N) is 1. The quantitative estimate of drug-likeness (QED) is 0.752. The van der Waals surface area contributed by atoms with E-state index in [2.05, 4.69) is 20.4 Å². The average molecular weight is 303 g/mol. The molecule has 0 spiro atoms. The van der Waals surface area contributed by atoms with Crippen molar-refractivity contribution in [1.82, 2.24) is 20.4 Å². The normalized spacial score (nSPS) is 10.8. The maximum absolute atomic E-state index is 11.9. The summed E-state index contributed by atoms with van der Waals surface area (Å²) in [5.74, 6) is -0.537. The number of ether oxygens (including phenoxy) is 1. The first-order valence-corrected chi connectivity index (χ1v) is 6.71. The van der Waals surface area contributed by atoms with Crippen LogP contribution in [0, 0.1) is 0 Å². The summed E-state index contributed by atoms with van der Waals surface area (Å²) in [6.45, 7) is 1.99. The van der Waals surface area contributed by atoms with Crippen molar-refractivity contribution in [3.05, 3.63) is 41.2 Å². The van der Waals surface area contributed by atoms with Crippen molar-refractivity contribution in [3.63, 3.8) is 0 Å². The van der Waals surface area contributed by atoms with Crippen LogP contribution in [0.4, 0.5) is 0 Å². The highest BCUT2D eigenvalue weighted by Gasteiger charge is 2.21. The van der Waals surface area contributed by atoms with Gasteiger partial charge in [-0.05, 0) is 25.1 Å². The molecule has 0 bridgehead atoms. The minimum absolute atomic E-state index is 0.117. The minimum Gasteiger partial charge on any atom is -0.461 e. The fourth-order valence-electron chi connectivity index (χ4n) is 2.10. The largest absolute Gasteiger partial charge is 0.461 e. The zero-order chi connectivity index (χ0) is 14.8. The van der Waals surface area contributed by atoms with Crippen LogP contribution >= 0.6 is 11.6 Å². The van der Waals surface area contributed by atoms with Crippen LogP contribution in [0.3, 0.4) is 0 Å². The van der Waals surface area contributed by atoms with Crippen LogP contribution < -0.4 is 0 Å². The number of rotatable bonds is 3. The van der Waals surface area contributed by atoms with E-state index in [4.69, 9.17) is 16.3 Å². The number of halogens is 1. The number of fused-ring (bicyclic) bond motifs is 1.